The van der Waals surface area contributed by atoms with Crippen molar-refractivity contribution in [2.24, 2.45) is 7.05 Å². The Kier molecular flexibility index (Phi) is 4.14. The molecular weight excluding hydrogens is 322 g/mol. The molecule has 1 aromatic carbocycles. The van der Waals surface area contributed by atoms with Crippen molar-refractivity contribution in [3.05, 3.63) is 24.3 Å². The van der Waals surface area contributed by atoms with Gasteiger partial charge >= 0.3 is 0 Å². The third kappa shape index (κ3) is 3.12. The van der Waals surface area contributed by atoms with E-state index in [0.717, 1.165) is 22.3 Å². The average Bonchev–Trinajstić information content (AvgIpc) is 3.03. The molecule has 1 saturated heterocycles. The molecule has 0 aliphatic carbocycles. The second-order valence-corrected chi connectivity index (χ2v) is 8.73. The van der Waals surface area contributed by atoms with Gasteiger partial charge in [-0.15, -0.1) is 10.2 Å². The number of rotatable bonds is 4. The highest BCUT2D eigenvalue weighted by atomic mass is 32.2. The maximum absolute atomic E-state index is 11.5. The molecule has 1 atom stereocenters. The van der Waals surface area contributed by atoms with E-state index in [0.29, 0.717) is 6.42 Å². The van der Waals surface area contributed by atoms with Crippen molar-refractivity contribution in [3.63, 3.8) is 0 Å². The van der Waals surface area contributed by atoms with E-state index in [2.05, 4.69) is 10.2 Å². The summed E-state index contributed by atoms with van der Waals surface area (Å²) in [5.41, 5.74) is 0.946. The lowest BCUT2D eigenvalue weighted by molar-refractivity contribution is 0.415. The second kappa shape index (κ2) is 5.92. The maximum atomic E-state index is 11.5. The summed E-state index contributed by atoms with van der Waals surface area (Å²) in [6.07, 6.45) is 0.678. The van der Waals surface area contributed by atoms with Crippen LogP contribution in [0.3, 0.4) is 0 Å². The van der Waals surface area contributed by atoms with Crippen LogP contribution in [0, 0.1) is 0 Å². The molecule has 1 aromatic heterocycles. The third-order valence-electron chi connectivity index (χ3n) is 3.65. The summed E-state index contributed by atoms with van der Waals surface area (Å²) in [5, 5.41) is 9.23. The lowest BCUT2D eigenvalue weighted by atomic mass is 10.2. The lowest BCUT2D eigenvalue weighted by Crippen LogP contribution is -2.07. The molecule has 2 heterocycles. The second-order valence-electron chi connectivity index (χ2n) is 5.24. The van der Waals surface area contributed by atoms with Crippen molar-refractivity contribution in [2.75, 3.05) is 18.6 Å². The molecule has 0 amide bonds. The van der Waals surface area contributed by atoms with Crippen LogP contribution >= 0.6 is 11.8 Å². The molecule has 22 heavy (non-hydrogen) atoms. The molecule has 3 rings (SSSR count). The van der Waals surface area contributed by atoms with Crippen LogP contribution in [0.2, 0.25) is 0 Å². The molecule has 0 bridgehead atoms. The van der Waals surface area contributed by atoms with E-state index in [-0.39, 0.29) is 16.8 Å². The van der Waals surface area contributed by atoms with Crippen LogP contribution in [0.1, 0.15) is 6.42 Å². The molecule has 0 spiro atoms. The number of hydrogen-bond donors (Lipinski definition) is 0. The van der Waals surface area contributed by atoms with E-state index < -0.39 is 9.84 Å². The predicted molar refractivity (Wildman–Crippen MR) is 85.9 cm³/mol. The van der Waals surface area contributed by atoms with Gasteiger partial charge in [0.2, 0.25) is 0 Å². The molecule has 1 aliphatic rings. The number of nitrogens with zero attached hydrogens (tertiary/aromatic N) is 3. The molecule has 0 radical (unpaired) electrons. The Morgan fingerprint density at radius 1 is 1.27 bits per heavy atom. The summed E-state index contributed by atoms with van der Waals surface area (Å²) in [6, 6.07) is 7.61. The smallest absolute Gasteiger partial charge is 0.191 e. The van der Waals surface area contributed by atoms with Gasteiger partial charge in [0.15, 0.2) is 20.8 Å². The summed E-state index contributed by atoms with van der Waals surface area (Å²) >= 11 is 1.49. The van der Waals surface area contributed by atoms with E-state index in [1.54, 1.807) is 7.11 Å². The van der Waals surface area contributed by atoms with E-state index in [9.17, 15) is 8.42 Å². The maximum Gasteiger partial charge on any atom is 0.191 e. The van der Waals surface area contributed by atoms with Gasteiger partial charge in [-0.3, -0.25) is 0 Å². The van der Waals surface area contributed by atoms with Crippen LogP contribution in [-0.4, -0.2) is 47.0 Å². The standard InChI is InChI=1S/C14H17N3O3S2/c1-17-13(10-3-5-11(20-2)6-4-10)15-16-14(17)21-12-7-8-22(18,19)9-12/h3-6,12H,7-9H2,1-2H3. The van der Waals surface area contributed by atoms with Crippen molar-refractivity contribution in [1.82, 2.24) is 14.8 Å². The van der Waals surface area contributed by atoms with Crippen LogP contribution in [0.4, 0.5) is 0 Å². The first-order valence-electron chi connectivity index (χ1n) is 6.89. The van der Waals surface area contributed by atoms with E-state index in [1.165, 1.54) is 11.8 Å². The zero-order valence-corrected chi connectivity index (χ0v) is 14.0. The first kappa shape index (κ1) is 15.4. The summed E-state index contributed by atoms with van der Waals surface area (Å²) in [4.78, 5) is 0. The number of methoxy groups -OCH3 is 1. The highest BCUT2D eigenvalue weighted by Crippen LogP contribution is 2.31. The molecule has 8 heteroatoms. The minimum atomic E-state index is -2.87. The first-order chi connectivity index (χ1) is 10.5. The van der Waals surface area contributed by atoms with Gasteiger partial charge in [-0.05, 0) is 30.7 Å². The Hall–Kier alpha value is -1.54. The Labute approximate surface area is 133 Å². The zero-order valence-electron chi connectivity index (χ0n) is 12.4. The van der Waals surface area contributed by atoms with Crippen LogP contribution in [0.25, 0.3) is 11.4 Å². The summed E-state index contributed by atoms with van der Waals surface area (Å²) in [7, 11) is 0.647. The number of benzene rings is 1. The third-order valence-corrected chi connectivity index (χ3v) is 6.93. The van der Waals surface area contributed by atoms with Crippen LogP contribution in [-0.2, 0) is 16.9 Å². The fourth-order valence-corrected chi connectivity index (χ4v) is 5.87. The minimum Gasteiger partial charge on any atom is -0.497 e. The number of thioether (sulfide) groups is 1. The summed E-state index contributed by atoms with van der Waals surface area (Å²) < 4.78 is 30.1. The van der Waals surface area contributed by atoms with Gasteiger partial charge in [0.25, 0.3) is 0 Å². The molecule has 1 fully saturated rings. The lowest BCUT2D eigenvalue weighted by Gasteiger charge is -2.07. The van der Waals surface area contributed by atoms with Gasteiger partial charge in [-0.2, -0.15) is 0 Å². The number of sulfone groups is 1. The first-order valence-corrected chi connectivity index (χ1v) is 9.59. The quantitative estimate of drug-likeness (QED) is 0.845. The molecule has 118 valence electrons. The SMILES string of the molecule is COc1ccc(-c2nnc(SC3CCS(=O)(=O)C3)n2C)cc1. The normalized spacial score (nSPS) is 20.2. The van der Waals surface area contributed by atoms with E-state index in [4.69, 9.17) is 4.74 Å². The Morgan fingerprint density at radius 2 is 2.00 bits per heavy atom. The average molecular weight is 339 g/mol. The topological polar surface area (TPSA) is 74.1 Å². The van der Waals surface area contributed by atoms with Crippen LogP contribution < -0.4 is 4.74 Å². The van der Waals surface area contributed by atoms with Gasteiger partial charge in [0, 0.05) is 17.9 Å². The predicted octanol–water partition coefficient (Wildman–Crippen LogP) is 1.77. The Balaban J connectivity index is 1.79. The minimum absolute atomic E-state index is 0.0663. The van der Waals surface area contributed by atoms with Crippen molar-refractivity contribution in [1.29, 1.82) is 0 Å². The monoisotopic (exact) mass is 339 g/mol. The molecule has 1 unspecified atom stereocenters. The van der Waals surface area contributed by atoms with Crippen molar-refractivity contribution >= 4 is 21.6 Å². The highest BCUT2D eigenvalue weighted by Gasteiger charge is 2.30. The van der Waals surface area contributed by atoms with Crippen molar-refractivity contribution < 1.29 is 13.2 Å². The molecule has 0 saturated carbocycles. The summed E-state index contributed by atoms with van der Waals surface area (Å²) in [5.74, 6) is 2.04. The van der Waals surface area contributed by atoms with Crippen molar-refractivity contribution in [3.8, 4) is 17.1 Å². The fraction of sp³-hybridized carbons (Fsp3) is 0.429. The fourth-order valence-electron chi connectivity index (χ4n) is 2.41. The van der Waals surface area contributed by atoms with E-state index in [1.807, 2.05) is 35.9 Å². The molecule has 0 N–H and O–H groups in total. The highest BCUT2D eigenvalue weighted by molar-refractivity contribution is 8.01. The molecule has 2 aromatic rings. The number of ether oxygens (including phenoxy) is 1. The van der Waals surface area contributed by atoms with Gasteiger partial charge in [-0.25, -0.2) is 8.42 Å². The van der Waals surface area contributed by atoms with Crippen LogP contribution in [0.15, 0.2) is 29.4 Å². The van der Waals surface area contributed by atoms with Crippen LogP contribution in [0.5, 0.6) is 5.75 Å². The largest absolute Gasteiger partial charge is 0.497 e. The van der Waals surface area contributed by atoms with E-state index >= 15 is 0 Å². The van der Waals surface area contributed by atoms with Crippen molar-refractivity contribution in [2.45, 2.75) is 16.8 Å². The number of hydrogen-bond acceptors (Lipinski definition) is 6. The van der Waals surface area contributed by atoms with Gasteiger partial charge < -0.3 is 9.30 Å². The molecule has 6 nitrogen and oxygen atoms in total. The summed E-state index contributed by atoms with van der Waals surface area (Å²) in [6.45, 7) is 0. The Morgan fingerprint density at radius 3 is 2.59 bits per heavy atom. The van der Waals surface area contributed by atoms with Gasteiger partial charge in [0.05, 0.1) is 18.6 Å². The van der Waals surface area contributed by atoms with Gasteiger partial charge in [-0.1, -0.05) is 11.8 Å². The molecular formula is C14H17N3O3S2. The Bertz CT molecular complexity index is 769. The number of aromatic nitrogens is 3. The van der Waals surface area contributed by atoms with Gasteiger partial charge in [0.1, 0.15) is 5.75 Å². The molecule has 1 aliphatic heterocycles. The zero-order chi connectivity index (χ0) is 15.7.